The van der Waals surface area contributed by atoms with E-state index in [-0.39, 0.29) is 24.0 Å². The third-order valence-electron chi connectivity index (χ3n) is 6.23. The summed E-state index contributed by atoms with van der Waals surface area (Å²) < 4.78 is 0. The van der Waals surface area contributed by atoms with Crippen molar-refractivity contribution in [1.29, 1.82) is 0 Å². The summed E-state index contributed by atoms with van der Waals surface area (Å²) in [6.07, 6.45) is 9.33. The summed E-state index contributed by atoms with van der Waals surface area (Å²) in [6, 6.07) is 33.8. The standard InChI is InChI=1S/C28H36P.HI/c1-3-25(2)17-9-4-5-16-24-29(26-18-10-6-11-19-26,27-20-12-7-13-21-27)28-22-14-8-15-23-28;/h6-8,10-15,18-23,25H,3-5,9,16-17,24H2,1-2H3;1H/q+1;/p-1/t25-;/m1./s1. The van der Waals surface area contributed by atoms with Gasteiger partial charge in [0.15, 0.2) is 0 Å². The largest absolute Gasteiger partial charge is 1.00 e. The van der Waals surface area contributed by atoms with Crippen molar-refractivity contribution in [3.63, 3.8) is 0 Å². The van der Waals surface area contributed by atoms with Gasteiger partial charge in [0.2, 0.25) is 0 Å². The fourth-order valence-corrected chi connectivity index (χ4v) is 8.69. The second kappa shape index (κ2) is 13.3. The predicted molar refractivity (Wildman–Crippen MR) is 133 cm³/mol. The molecule has 0 aliphatic carbocycles. The van der Waals surface area contributed by atoms with E-state index in [0.29, 0.717) is 0 Å². The Kier molecular flexibility index (Phi) is 11.1. The molecule has 30 heavy (non-hydrogen) atoms. The van der Waals surface area contributed by atoms with Crippen LogP contribution in [0, 0.1) is 5.92 Å². The van der Waals surface area contributed by atoms with E-state index >= 15 is 0 Å². The summed E-state index contributed by atoms with van der Waals surface area (Å²) in [6.45, 7) is 4.69. The van der Waals surface area contributed by atoms with Crippen LogP contribution < -0.4 is 39.9 Å². The quantitative estimate of drug-likeness (QED) is 0.200. The molecule has 0 unspecified atom stereocenters. The van der Waals surface area contributed by atoms with E-state index in [9.17, 15) is 0 Å². The van der Waals surface area contributed by atoms with Crippen molar-refractivity contribution in [2.75, 3.05) is 6.16 Å². The molecule has 0 saturated heterocycles. The van der Waals surface area contributed by atoms with Crippen LogP contribution in [-0.2, 0) is 0 Å². The van der Waals surface area contributed by atoms with E-state index in [1.807, 2.05) is 0 Å². The van der Waals surface area contributed by atoms with Gasteiger partial charge in [0.25, 0.3) is 0 Å². The van der Waals surface area contributed by atoms with Crippen LogP contribution in [0.15, 0.2) is 91.0 Å². The molecular weight excluding hydrogens is 494 g/mol. The van der Waals surface area contributed by atoms with Crippen molar-refractivity contribution in [3.05, 3.63) is 91.0 Å². The lowest BCUT2D eigenvalue weighted by Crippen LogP contribution is -3.00. The van der Waals surface area contributed by atoms with Gasteiger partial charge in [-0.1, -0.05) is 94.1 Å². The van der Waals surface area contributed by atoms with E-state index in [0.717, 1.165) is 5.92 Å². The average Bonchev–Trinajstić information content (AvgIpc) is 2.80. The van der Waals surface area contributed by atoms with Gasteiger partial charge in [-0.15, -0.1) is 0 Å². The second-order valence-electron chi connectivity index (χ2n) is 8.26. The van der Waals surface area contributed by atoms with Crippen LogP contribution in [0.4, 0.5) is 0 Å². The molecule has 3 rings (SSSR count). The molecule has 0 saturated carbocycles. The summed E-state index contributed by atoms with van der Waals surface area (Å²) >= 11 is 0. The van der Waals surface area contributed by atoms with Crippen LogP contribution in [0.25, 0.3) is 0 Å². The first-order valence-electron chi connectivity index (χ1n) is 11.3. The van der Waals surface area contributed by atoms with Crippen molar-refractivity contribution >= 4 is 23.2 Å². The van der Waals surface area contributed by atoms with Crippen molar-refractivity contribution in [2.45, 2.75) is 52.4 Å². The molecule has 160 valence electrons. The first kappa shape index (κ1) is 25.1. The fourth-order valence-electron chi connectivity index (χ4n) is 4.28. The predicted octanol–water partition coefficient (Wildman–Crippen LogP) is 3.98. The average molecular weight is 530 g/mol. The monoisotopic (exact) mass is 530 g/mol. The maximum atomic E-state index is 2.39. The van der Waals surface area contributed by atoms with Crippen LogP contribution in [0.1, 0.15) is 52.4 Å². The van der Waals surface area contributed by atoms with E-state index in [2.05, 4.69) is 105 Å². The maximum Gasteiger partial charge on any atom is 0.112 e. The number of unbranched alkanes of at least 4 members (excludes halogenated alkanes) is 3. The highest BCUT2D eigenvalue weighted by molar-refractivity contribution is 7.95. The van der Waals surface area contributed by atoms with Crippen LogP contribution in [-0.4, -0.2) is 6.16 Å². The Labute approximate surface area is 201 Å². The zero-order valence-corrected chi connectivity index (χ0v) is 21.6. The Morgan fingerprint density at radius 1 is 0.600 bits per heavy atom. The number of halogens is 1. The molecule has 0 radical (unpaired) electrons. The third-order valence-corrected chi connectivity index (χ3v) is 10.8. The molecular formula is C28H36IP. The molecule has 0 N–H and O–H groups in total. The summed E-state index contributed by atoms with van der Waals surface area (Å²) in [7, 11) is -1.63. The van der Waals surface area contributed by atoms with Gasteiger partial charge in [-0.05, 0) is 55.2 Å². The van der Waals surface area contributed by atoms with Gasteiger partial charge in [-0.2, -0.15) is 0 Å². The van der Waals surface area contributed by atoms with Crippen molar-refractivity contribution in [1.82, 2.24) is 0 Å². The molecule has 0 bridgehead atoms. The topological polar surface area (TPSA) is 0 Å². The zero-order chi connectivity index (χ0) is 20.4. The SMILES string of the molecule is CC[C@@H](C)CCCCCC[P+](c1ccccc1)(c1ccccc1)c1ccccc1.[I-]. The first-order valence-corrected chi connectivity index (χ1v) is 13.3. The third kappa shape index (κ3) is 6.41. The van der Waals surface area contributed by atoms with E-state index < -0.39 is 7.26 Å². The zero-order valence-electron chi connectivity index (χ0n) is 18.5. The highest BCUT2D eigenvalue weighted by atomic mass is 127. The lowest BCUT2D eigenvalue weighted by molar-refractivity contribution is -0.00000595. The Balaban J connectivity index is 0.00000320. The molecule has 0 aliphatic heterocycles. The molecule has 3 aromatic carbocycles. The lowest BCUT2D eigenvalue weighted by Gasteiger charge is -2.27. The van der Waals surface area contributed by atoms with Crippen molar-refractivity contribution in [2.24, 2.45) is 5.92 Å². The lowest BCUT2D eigenvalue weighted by atomic mass is 10.0. The molecule has 1 atom stereocenters. The van der Waals surface area contributed by atoms with E-state index in [1.54, 1.807) is 0 Å². The molecule has 0 aromatic heterocycles. The minimum absolute atomic E-state index is 0. The minimum Gasteiger partial charge on any atom is -1.00 e. The maximum absolute atomic E-state index is 2.39. The molecule has 0 aliphatic rings. The number of rotatable bonds is 11. The molecule has 0 fully saturated rings. The molecule has 0 spiro atoms. The van der Waals surface area contributed by atoms with Crippen molar-refractivity contribution < 1.29 is 24.0 Å². The van der Waals surface area contributed by atoms with Gasteiger partial charge in [0, 0.05) is 0 Å². The second-order valence-corrected chi connectivity index (χ2v) is 11.9. The van der Waals surface area contributed by atoms with Gasteiger partial charge < -0.3 is 24.0 Å². The summed E-state index contributed by atoms with van der Waals surface area (Å²) in [5.74, 6) is 0.875. The van der Waals surface area contributed by atoms with Gasteiger partial charge in [-0.25, -0.2) is 0 Å². The summed E-state index contributed by atoms with van der Waals surface area (Å²) in [5.41, 5.74) is 0. The van der Waals surface area contributed by atoms with E-state index in [1.165, 1.54) is 60.6 Å². The normalized spacial score (nSPS) is 12.2. The fraction of sp³-hybridized carbons (Fsp3) is 0.357. The van der Waals surface area contributed by atoms with Crippen LogP contribution in [0.3, 0.4) is 0 Å². The van der Waals surface area contributed by atoms with Gasteiger partial charge >= 0.3 is 0 Å². The molecule has 0 nitrogen and oxygen atoms in total. The number of benzene rings is 3. The van der Waals surface area contributed by atoms with Gasteiger partial charge in [-0.3, -0.25) is 0 Å². The van der Waals surface area contributed by atoms with Crippen LogP contribution in [0.2, 0.25) is 0 Å². The Bertz CT molecular complexity index is 720. The van der Waals surface area contributed by atoms with Crippen molar-refractivity contribution in [3.8, 4) is 0 Å². The van der Waals surface area contributed by atoms with E-state index in [4.69, 9.17) is 0 Å². The summed E-state index contributed by atoms with van der Waals surface area (Å²) in [5, 5.41) is 4.53. The van der Waals surface area contributed by atoms with Crippen LogP contribution in [0.5, 0.6) is 0 Å². The molecule has 3 aromatic rings. The molecule has 2 heteroatoms. The highest BCUT2D eigenvalue weighted by Crippen LogP contribution is 2.55. The summed E-state index contributed by atoms with van der Waals surface area (Å²) in [4.78, 5) is 0. The van der Waals surface area contributed by atoms with Gasteiger partial charge in [0.1, 0.15) is 23.2 Å². The first-order chi connectivity index (χ1) is 14.3. The Morgan fingerprint density at radius 3 is 1.40 bits per heavy atom. The highest BCUT2D eigenvalue weighted by Gasteiger charge is 2.44. The Morgan fingerprint density at radius 2 is 1.00 bits per heavy atom. The molecule has 0 amide bonds. The molecule has 0 heterocycles. The minimum atomic E-state index is -1.63. The number of hydrogen-bond donors (Lipinski definition) is 0. The van der Waals surface area contributed by atoms with Crippen LogP contribution >= 0.6 is 7.26 Å². The number of hydrogen-bond acceptors (Lipinski definition) is 0. The Hall–Kier alpha value is -1.18. The van der Waals surface area contributed by atoms with Gasteiger partial charge in [0.05, 0.1) is 6.16 Å². The smallest absolute Gasteiger partial charge is 0.112 e.